The maximum Gasteiger partial charge on any atom is 0.269 e. The van der Waals surface area contributed by atoms with E-state index < -0.39 is 16.8 Å². The van der Waals surface area contributed by atoms with Gasteiger partial charge in [-0.1, -0.05) is 26.2 Å². The number of nitro benzene ring substituents is 1. The summed E-state index contributed by atoms with van der Waals surface area (Å²) in [4.78, 5) is 10.0. The summed E-state index contributed by atoms with van der Waals surface area (Å²) in [6.07, 6.45) is 3.64. The summed E-state index contributed by atoms with van der Waals surface area (Å²) in [5, 5.41) is 10.6. The van der Waals surface area contributed by atoms with Gasteiger partial charge in [0, 0.05) is 23.7 Å². The maximum atomic E-state index is 13.5. The Hall–Kier alpha value is -1.49. The molecular weight excluding hydrogens is 223 g/mol. The van der Waals surface area contributed by atoms with Crippen LogP contribution in [0.4, 0.5) is 10.1 Å². The van der Waals surface area contributed by atoms with Crippen LogP contribution in [0, 0.1) is 15.9 Å². The van der Waals surface area contributed by atoms with Crippen molar-refractivity contribution < 1.29 is 9.31 Å². The van der Waals surface area contributed by atoms with E-state index in [1.807, 2.05) is 0 Å². The lowest BCUT2D eigenvalue weighted by atomic mass is 10.0. The van der Waals surface area contributed by atoms with Gasteiger partial charge in [-0.25, -0.2) is 4.39 Å². The molecule has 0 aliphatic heterocycles. The third-order valence-corrected chi connectivity index (χ3v) is 2.71. The van der Waals surface area contributed by atoms with Crippen LogP contribution < -0.4 is 5.73 Å². The second-order valence-corrected chi connectivity index (χ2v) is 4.07. The molecular formula is C12H17FN2O2. The number of nitrogens with two attached hydrogens (primary N) is 1. The molecule has 17 heavy (non-hydrogen) atoms. The van der Waals surface area contributed by atoms with Gasteiger partial charge in [-0.05, 0) is 12.5 Å². The first-order valence-electron chi connectivity index (χ1n) is 5.75. The van der Waals surface area contributed by atoms with E-state index in [1.54, 1.807) is 0 Å². The highest BCUT2D eigenvalue weighted by Gasteiger charge is 2.15. The molecule has 0 unspecified atom stereocenters. The lowest BCUT2D eigenvalue weighted by Crippen LogP contribution is -2.12. The van der Waals surface area contributed by atoms with Crippen LogP contribution in [0.1, 0.15) is 44.2 Å². The minimum Gasteiger partial charge on any atom is -0.324 e. The van der Waals surface area contributed by atoms with Crippen LogP contribution >= 0.6 is 0 Å². The lowest BCUT2D eigenvalue weighted by molar-refractivity contribution is -0.385. The van der Waals surface area contributed by atoms with E-state index in [9.17, 15) is 14.5 Å². The molecule has 1 atom stereocenters. The Morgan fingerprint density at radius 2 is 2.18 bits per heavy atom. The Kier molecular flexibility index (Phi) is 5.03. The van der Waals surface area contributed by atoms with Crippen LogP contribution in [0.15, 0.2) is 18.2 Å². The van der Waals surface area contributed by atoms with Crippen molar-refractivity contribution in [1.82, 2.24) is 0 Å². The zero-order valence-electron chi connectivity index (χ0n) is 9.86. The number of nitro groups is 1. The Bertz CT molecular complexity index is 396. The SMILES string of the molecule is CCCCC[C@@H](N)c1cc([N+](=O)[O-])ccc1F. The summed E-state index contributed by atoms with van der Waals surface area (Å²) in [6.45, 7) is 2.07. The number of non-ortho nitro benzene ring substituents is 1. The quantitative estimate of drug-likeness (QED) is 0.471. The molecule has 2 N–H and O–H groups in total. The zero-order chi connectivity index (χ0) is 12.8. The van der Waals surface area contributed by atoms with E-state index in [-0.39, 0.29) is 11.3 Å². The molecule has 0 saturated carbocycles. The highest BCUT2D eigenvalue weighted by molar-refractivity contribution is 5.36. The average molecular weight is 240 g/mol. The standard InChI is InChI=1S/C12H17FN2O2/c1-2-3-4-5-12(14)10-8-9(15(16)17)6-7-11(10)13/h6-8,12H,2-5,14H2,1H3/t12-/m1/s1. The van der Waals surface area contributed by atoms with Gasteiger partial charge in [0.05, 0.1) is 4.92 Å². The average Bonchev–Trinajstić information content (AvgIpc) is 2.29. The first kappa shape index (κ1) is 13.6. The summed E-state index contributed by atoms with van der Waals surface area (Å²) >= 11 is 0. The van der Waals surface area contributed by atoms with Crippen LogP contribution in [0.5, 0.6) is 0 Å². The Labute approximate surface area is 99.8 Å². The molecule has 0 amide bonds. The molecule has 0 aliphatic carbocycles. The summed E-state index contributed by atoms with van der Waals surface area (Å²) in [6, 6.07) is 3.01. The lowest BCUT2D eigenvalue weighted by Gasteiger charge is -2.12. The monoisotopic (exact) mass is 240 g/mol. The van der Waals surface area contributed by atoms with E-state index in [0.29, 0.717) is 6.42 Å². The summed E-state index contributed by atoms with van der Waals surface area (Å²) in [7, 11) is 0. The van der Waals surface area contributed by atoms with Crippen molar-refractivity contribution in [2.75, 3.05) is 0 Å². The van der Waals surface area contributed by atoms with Crippen molar-refractivity contribution in [3.05, 3.63) is 39.7 Å². The molecule has 94 valence electrons. The molecule has 1 aromatic rings. The predicted molar refractivity (Wildman–Crippen MR) is 64.1 cm³/mol. The second kappa shape index (κ2) is 6.30. The van der Waals surface area contributed by atoms with E-state index in [2.05, 4.69) is 6.92 Å². The first-order chi connectivity index (χ1) is 8.06. The van der Waals surface area contributed by atoms with Crippen molar-refractivity contribution in [2.45, 2.75) is 38.6 Å². The highest BCUT2D eigenvalue weighted by atomic mass is 19.1. The molecule has 1 rings (SSSR count). The Morgan fingerprint density at radius 3 is 2.76 bits per heavy atom. The van der Waals surface area contributed by atoms with Crippen molar-refractivity contribution in [1.29, 1.82) is 0 Å². The van der Waals surface area contributed by atoms with Crippen molar-refractivity contribution in [2.24, 2.45) is 5.73 Å². The number of benzene rings is 1. The second-order valence-electron chi connectivity index (χ2n) is 4.07. The minimum atomic E-state index is -0.540. The van der Waals surface area contributed by atoms with Crippen molar-refractivity contribution >= 4 is 5.69 Å². The highest BCUT2D eigenvalue weighted by Crippen LogP contribution is 2.24. The van der Waals surface area contributed by atoms with Crippen LogP contribution in [-0.4, -0.2) is 4.92 Å². The van der Waals surface area contributed by atoms with Gasteiger partial charge in [-0.15, -0.1) is 0 Å². The van der Waals surface area contributed by atoms with Crippen LogP contribution in [0.25, 0.3) is 0 Å². The van der Waals surface area contributed by atoms with Gasteiger partial charge in [-0.3, -0.25) is 10.1 Å². The van der Waals surface area contributed by atoms with Crippen molar-refractivity contribution in [3.8, 4) is 0 Å². The number of unbranched alkanes of at least 4 members (excludes halogenated alkanes) is 2. The fourth-order valence-electron chi connectivity index (χ4n) is 1.70. The molecule has 0 spiro atoms. The molecule has 5 heteroatoms. The Morgan fingerprint density at radius 1 is 1.47 bits per heavy atom. The number of halogens is 1. The maximum absolute atomic E-state index is 13.5. The number of nitrogens with zero attached hydrogens (tertiary/aromatic N) is 1. The van der Waals surface area contributed by atoms with Crippen LogP contribution in [0.2, 0.25) is 0 Å². The largest absolute Gasteiger partial charge is 0.324 e. The van der Waals surface area contributed by atoms with Crippen LogP contribution in [0.3, 0.4) is 0 Å². The summed E-state index contributed by atoms with van der Waals surface area (Å²) < 4.78 is 13.5. The normalized spacial score (nSPS) is 12.4. The topological polar surface area (TPSA) is 69.2 Å². The third-order valence-electron chi connectivity index (χ3n) is 2.71. The van der Waals surface area contributed by atoms with Gasteiger partial charge in [0.15, 0.2) is 0 Å². The first-order valence-corrected chi connectivity index (χ1v) is 5.75. The van der Waals surface area contributed by atoms with Gasteiger partial charge >= 0.3 is 0 Å². The molecule has 0 fully saturated rings. The number of hydrogen-bond donors (Lipinski definition) is 1. The van der Waals surface area contributed by atoms with Crippen molar-refractivity contribution in [3.63, 3.8) is 0 Å². The minimum absolute atomic E-state index is 0.118. The van der Waals surface area contributed by atoms with Crippen LogP contribution in [-0.2, 0) is 0 Å². The molecule has 0 bridgehead atoms. The molecule has 0 saturated heterocycles. The Balaban J connectivity index is 2.80. The molecule has 0 aliphatic rings. The smallest absolute Gasteiger partial charge is 0.269 e. The van der Waals surface area contributed by atoms with E-state index in [4.69, 9.17) is 5.73 Å². The third kappa shape index (κ3) is 3.78. The molecule has 0 radical (unpaired) electrons. The van der Waals surface area contributed by atoms with E-state index in [0.717, 1.165) is 31.4 Å². The van der Waals surface area contributed by atoms with Gasteiger partial charge in [-0.2, -0.15) is 0 Å². The van der Waals surface area contributed by atoms with Gasteiger partial charge in [0.1, 0.15) is 5.82 Å². The molecule has 4 nitrogen and oxygen atoms in total. The van der Waals surface area contributed by atoms with E-state index >= 15 is 0 Å². The van der Waals surface area contributed by atoms with E-state index in [1.165, 1.54) is 6.07 Å². The number of rotatable bonds is 6. The molecule has 1 aromatic carbocycles. The summed E-state index contributed by atoms with van der Waals surface area (Å²) in [5.41, 5.74) is 5.96. The van der Waals surface area contributed by atoms with Gasteiger partial charge in [0.2, 0.25) is 0 Å². The zero-order valence-corrected chi connectivity index (χ0v) is 9.86. The molecule has 0 heterocycles. The fraction of sp³-hybridized carbons (Fsp3) is 0.500. The fourth-order valence-corrected chi connectivity index (χ4v) is 1.70. The predicted octanol–water partition coefficient (Wildman–Crippen LogP) is 3.31. The molecule has 0 aromatic heterocycles. The van der Waals surface area contributed by atoms with Gasteiger partial charge in [0.25, 0.3) is 5.69 Å². The number of hydrogen-bond acceptors (Lipinski definition) is 3. The van der Waals surface area contributed by atoms with Gasteiger partial charge < -0.3 is 5.73 Å². The summed E-state index contributed by atoms with van der Waals surface area (Å²) in [5.74, 6) is -0.473.